The van der Waals surface area contributed by atoms with Crippen LogP contribution in [0, 0.1) is 0 Å². The Morgan fingerprint density at radius 1 is 1.16 bits per heavy atom. The summed E-state index contributed by atoms with van der Waals surface area (Å²) >= 11 is 0. The third-order valence-corrected chi connectivity index (χ3v) is 3.55. The summed E-state index contributed by atoms with van der Waals surface area (Å²) in [5.74, 6) is 0. The lowest BCUT2D eigenvalue weighted by atomic mass is 10.1. The average Bonchev–Trinajstić information content (AvgIpc) is 2.85. The van der Waals surface area contributed by atoms with E-state index in [2.05, 4.69) is 32.7 Å². The topological polar surface area (TPSA) is 55.6 Å². The van der Waals surface area contributed by atoms with Gasteiger partial charge in [-0.05, 0) is 6.07 Å². The molecule has 1 aliphatic heterocycles. The molecular weight excluding hydrogens is 238 g/mol. The highest BCUT2D eigenvalue weighted by Gasteiger charge is 2.20. The van der Waals surface area contributed by atoms with E-state index in [9.17, 15) is 0 Å². The molecule has 3 heterocycles. The predicted molar refractivity (Wildman–Crippen MR) is 72.7 cm³/mol. The van der Waals surface area contributed by atoms with Crippen LogP contribution < -0.4 is 5.32 Å². The quantitative estimate of drug-likeness (QED) is 0.752. The summed E-state index contributed by atoms with van der Waals surface area (Å²) < 4.78 is 1.94. The van der Waals surface area contributed by atoms with Gasteiger partial charge in [-0.15, -0.1) is 5.10 Å². The first-order valence-electron chi connectivity index (χ1n) is 6.38. The monoisotopic (exact) mass is 251 g/mol. The highest BCUT2D eigenvalue weighted by Crippen LogP contribution is 2.25. The molecule has 19 heavy (non-hydrogen) atoms. The van der Waals surface area contributed by atoms with E-state index < -0.39 is 0 Å². The molecule has 0 spiro atoms. The fourth-order valence-electron chi connectivity index (χ4n) is 2.35. The molecule has 94 valence electrons. The van der Waals surface area contributed by atoms with Gasteiger partial charge in [0.15, 0.2) is 0 Å². The molecular formula is C14H13N5. The lowest BCUT2D eigenvalue weighted by Crippen LogP contribution is -2.43. The Balaban J connectivity index is 1.83. The summed E-state index contributed by atoms with van der Waals surface area (Å²) in [6.45, 7) is 1.94. The van der Waals surface area contributed by atoms with E-state index in [1.807, 2.05) is 35.3 Å². The molecule has 0 atom stereocenters. The van der Waals surface area contributed by atoms with Crippen LogP contribution in [-0.4, -0.2) is 33.1 Å². The molecule has 0 radical (unpaired) electrons. The van der Waals surface area contributed by atoms with Crippen molar-refractivity contribution in [1.82, 2.24) is 25.3 Å². The van der Waals surface area contributed by atoms with Gasteiger partial charge in [0.1, 0.15) is 5.69 Å². The minimum Gasteiger partial charge on any atom is -0.312 e. The van der Waals surface area contributed by atoms with Crippen LogP contribution in [0.3, 0.4) is 0 Å². The zero-order chi connectivity index (χ0) is 12.7. The highest BCUT2D eigenvalue weighted by molar-refractivity contribution is 5.92. The molecule has 1 aliphatic rings. The second kappa shape index (κ2) is 4.13. The van der Waals surface area contributed by atoms with Crippen LogP contribution in [-0.2, 0) is 0 Å². The van der Waals surface area contributed by atoms with E-state index in [1.54, 1.807) is 0 Å². The molecule has 5 nitrogen and oxygen atoms in total. The number of aromatic nitrogens is 4. The molecule has 3 aromatic rings. The van der Waals surface area contributed by atoms with Crippen LogP contribution in [0.25, 0.3) is 22.2 Å². The Bertz CT molecular complexity index is 724. The number of para-hydroxylation sites is 1. The molecule has 0 bridgehead atoms. The Kier molecular flexibility index (Phi) is 2.31. The van der Waals surface area contributed by atoms with Gasteiger partial charge in [0.05, 0.1) is 17.8 Å². The normalized spacial score (nSPS) is 15.6. The van der Waals surface area contributed by atoms with Crippen LogP contribution >= 0.6 is 0 Å². The number of hydrogen-bond acceptors (Lipinski definition) is 4. The van der Waals surface area contributed by atoms with Crippen LogP contribution in [0.15, 0.2) is 42.7 Å². The van der Waals surface area contributed by atoms with Crippen molar-refractivity contribution >= 4 is 10.9 Å². The predicted octanol–water partition coefficient (Wildman–Crippen LogP) is 1.64. The van der Waals surface area contributed by atoms with E-state index in [0.717, 1.165) is 35.2 Å². The maximum Gasteiger partial charge on any atom is 0.115 e. The zero-order valence-electron chi connectivity index (χ0n) is 10.3. The van der Waals surface area contributed by atoms with E-state index >= 15 is 0 Å². The largest absolute Gasteiger partial charge is 0.312 e. The Morgan fingerprint density at radius 3 is 2.89 bits per heavy atom. The average molecular weight is 251 g/mol. The Hall–Kier alpha value is -2.27. The smallest absolute Gasteiger partial charge is 0.115 e. The van der Waals surface area contributed by atoms with Crippen LogP contribution in [0.4, 0.5) is 0 Å². The van der Waals surface area contributed by atoms with Gasteiger partial charge in [-0.2, -0.15) is 0 Å². The van der Waals surface area contributed by atoms with Crippen molar-refractivity contribution < 1.29 is 0 Å². The standard InChI is InChI=1S/C14H13N5/c1-3-10-4-2-6-16-14(10)12(5-1)13-9-19(18-17-13)11-7-15-8-11/h1-6,9,11,15H,7-8H2. The van der Waals surface area contributed by atoms with Crippen LogP contribution in [0.2, 0.25) is 0 Å². The first-order valence-corrected chi connectivity index (χ1v) is 6.38. The second-order valence-corrected chi connectivity index (χ2v) is 4.78. The molecule has 0 saturated carbocycles. The van der Waals surface area contributed by atoms with E-state index in [0.29, 0.717) is 6.04 Å². The van der Waals surface area contributed by atoms with Crippen molar-refractivity contribution in [3.8, 4) is 11.3 Å². The fraction of sp³-hybridized carbons (Fsp3) is 0.214. The highest BCUT2D eigenvalue weighted by atomic mass is 15.4. The van der Waals surface area contributed by atoms with Crippen molar-refractivity contribution in [2.45, 2.75) is 6.04 Å². The van der Waals surface area contributed by atoms with Crippen molar-refractivity contribution in [3.05, 3.63) is 42.7 Å². The van der Waals surface area contributed by atoms with Crippen molar-refractivity contribution in [2.24, 2.45) is 0 Å². The number of fused-ring (bicyclic) bond motifs is 1. The number of rotatable bonds is 2. The van der Waals surface area contributed by atoms with Crippen molar-refractivity contribution in [1.29, 1.82) is 0 Å². The van der Waals surface area contributed by atoms with Gasteiger partial charge >= 0.3 is 0 Å². The van der Waals surface area contributed by atoms with E-state index in [-0.39, 0.29) is 0 Å². The first-order chi connectivity index (χ1) is 9.42. The summed E-state index contributed by atoms with van der Waals surface area (Å²) in [6, 6.07) is 10.6. The second-order valence-electron chi connectivity index (χ2n) is 4.78. The molecule has 1 saturated heterocycles. The molecule has 0 amide bonds. The van der Waals surface area contributed by atoms with Gasteiger partial charge in [0.2, 0.25) is 0 Å². The van der Waals surface area contributed by atoms with Crippen LogP contribution in [0.5, 0.6) is 0 Å². The lowest BCUT2D eigenvalue weighted by Gasteiger charge is -2.26. The minimum absolute atomic E-state index is 0.434. The van der Waals surface area contributed by atoms with Gasteiger partial charge in [0.25, 0.3) is 0 Å². The number of pyridine rings is 1. The molecule has 4 rings (SSSR count). The zero-order valence-corrected chi connectivity index (χ0v) is 10.3. The summed E-state index contributed by atoms with van der Waals surface area (Å²) in [7, 11) is 0. The van der Waals surface area contributed by atoms with Crippen molar-refractivity contribution in [3.63, 3.8) is 0 Å². The first kappa shape index (κ1) is 10.6. The number of benzene rings is 1. The summed E-state index contributed by atoms with van der Waals surface area (Å²) in [5, 5.41) is 12.9. The molecule has 1 N–H and O–H groups in total. The maximum absolute atomic E-state index is 4.46. The summed E-state index contributed by atoms with van der Waals surface area (Å²) in [6.07, 6.45) is 3.82. The number of hydrogen-bond donors (Lipinski definition) is 1. The van der Waals surface area contributed by atoms with Gasteiger partial charge in [0, 0.05) is 30.2 Å². The third kappa shape index (κ3) is 1.70. The summed E-state index contributed by atoms with van der Waals surface area (Å²) in [4.78, 5) is 4.46. The molecule has 1 aromatic carbocycles. The summed E-state index contributed by atoms with van der Waals surface area (Å²) in [5.41, 5.74) is 2.90. The molecule has 1 fully saturated rings. The van der Waals surface area contributed by atoms with Gasteiger partial charge in [-0.25, -0.2) is 4.68 Å². The fourth-order valence-corrected chi connectivity index (χ4v) is 2.35. The Morgan fingerprint density at radius 2 is 2.05 bits per heavy atom. The maximum atomic E-state index is 4.46. The molecule has 0 unspecified atom stereocenters. The van der Waals surface area contributed by atoms with Gasteiger partial charge < -0.3 is 5.32 Å². The minimum atomic E-state index is 0.434. The van der Waals surface area contributed by atoms with E-state index in [4.69, 9.17) is 0 Å². The SMILES string of the molecule is c1cnc2c(-c3cn(C4CNC4)nn3)cccc2c1. The third-order valence-electron chi connectivity index (χ3n) is 3.55. The lowest BCUT2D eigenvalue weighted by molar-refractivity contribution is 0.313. The molecule has 2 aromatic heterocycles. The van der Waals surface area contributed by atoms with Gasteiger partial charge in [-0.1, -0.05) is 29.5 Å². The molecule has 0 aliphatic carbocycles. The van der Waals surface area contributed by atoms with Crippen LogP contribution in [0.1, 0.15) is 6.04 Å². The Labute approximate surface area is 110 Å². The van der Waals surface area contributed by atoms with Crippen molar-refractivity contribution in [2.75, 3.05) is 13.1 Å². The van der Waals surface area contributed by atoms with E-state index in [1.165, 1.54) is 0 Å². The van der Waals surface area contributed by atoms with Gasteiger partial charge in [-0.3, -0.25) is 4.98 Å². The molecule has 5 heteroatoms. The number of nitrogens with one attached hydrogen (secondary N) is 1. The number of nitrogens with zero attached hydrogens (tertiary/aromatic N) is 4.